The third-order valence-corrected chi connectivity index (χ3v) is 4.69. The molecule has 2 heterocycles. The van der Waals surface area contributed by atoms with Crippen LogP contribution in [-0.2, 0) is 24.5 Å². The van der Waals surface area contributed by atoms with Crippen LogP contribution >= 0.6 is 11.6 Å². The van der Waals surface area contributed by atoms with Crippen molar-refractivity contribution in [2.45, 2.75) is 19.8 Å². The first-order valence-electron chi connectivity index (χ1n) is 9.87. The topological polar surface area (TPSA) is 75.2 Å². The SMILES string of the molecule is Fc1cc(Cl)ccc1/C=C/c1nc(COc2ccc(COCCn3ccnn3)cc2)co1. The molecule has 0 atom stereocenters. The third kappa shape index (κ3) is 6.26. The van der Waals surface area contributed by atoms with Gasteiger partial charge in [-0.15, -0.1) is 5.10 Å². The molecular formula is C23H20ClFN4O3. The Balaban J connectivity index is 1.22. The first-order chi connectivity index (χ1) is 15.7. The van der Waals surface area contributed by atoms with Gasteiger partial charge in [0.2, 0.25) is 5.89 Å². The van der Waals surface area contributed by atoms with Gasteiger partial charge in [-0.05, 0) is 35.9 Å². The zero-order chi connectivity index (χ0) is 22.2. The standard InChI is InChI=1S/C23H20ClFN4O3/c24-19-5-3-18(22(25)13-19)4-8-23-27-20(16-32-23)15-31-21-6-1-17(2-7-21)14-30-12-11-29-10-9-26-28-29/h1-10,13,16H,11-12,14-15H2/b8-4+. The van der Waals surface area contributed by atoms with Gasteiger partial charge >= 0.3 is 0 Å². The second-order valence-electron chi connectivity index (χ2n) is 6.83. The Morgan fingerprint density at radius 3 is 2.75 bits per heavy atom. The molecule has 0 saturated heterocycles. The molecule has 7 nitrogen and oxygen atoms in total. The van der Waals surface area contributed by atoms with E-state index in [-0.39, 0.29) is 6.61 Å². The summed E-state index contributed by atoms with van der Waals surface area (Å²) in [6, 6.07) is 12.1. The van der Waals surface area contributed by atoms with Crippen LogP contribution in [0.5, 0.6) is 5.75 Å². The maximum absolute atomic E-state index is 13.8. The minimum Gasteiger partial charge on any atom is -0.487 e. The third-order valence-electron chi connectivity index (χ3n) is 4.45. The number of halogens is 2. The molecule has 0 aliphatic carbocycles. The van der Waals surface area contributed by atoms with Gasteiger partial charge < -0.3 is 13.9 Å². The summed E-state index contributed by atoms with van der Waals surface area (Å²) in [6.07, 6.45) is 8.11. The maximum Gasteiger partial charge on any atom is 0.218 e. The number of ether oxygens (including phenoxy) is 2. The van der Waals surface area contributed by atoms with E-state index in [4.69, 9.17) is 25.5 Å². The molecule has 0 amide bonds. The van der Waals surface area contributed by atoms with Gasteiger partial charge in [0.05, 0.1) is 26.0 Å². The molecule has 164 valence electrons. The van der Waals surface area contributed by atoms with Crippen molar-refractivity contribution in [3.05, 3.63) is 94.7 Å². The van der Waals surface area contributed by atoms with E-state index < -0.39 is 5.82 Å². The summed E-state index contributed by atoms with van der Waals surface area (Å²) in [5.41, 5.74) is 2.06. The highest BCUT2D eigenvalue weighted by Crippen LogP contribution is 2.18. The molecule has 0 N–H and O–H groups in total. The van der Waals surface area contributed by atoms with Crippen LogP contribution < -0.4 is 4.74 Å². The largest absolute Gasteiger partial charge is 0.487 e. The van der Waals surface area contributed by atoms with E-state index in [1.165, 1.54) is 12.3 Å². The van der Waals surface area contributed by atoms with E-state index in [1.54, 1.807) is 41.4 Å². The lowest BCUT2D eigenvalue weighted by Gasteiger charge is -2.07. The van der Waals surface area contributed by atoms with Crippen LogP contribution in [0.4, 0.5) is 4.39 Å². The quantitative estimate of drug-likeness (QED) is 0.313. The van der Waals surface area contributed by atoms with E-state index in [9.17, 15) is 4.39 Å². The summed E-state index contributed by atoms with van der Waals surface area (Å²) in [6.45, 7) is 1.96. The van der Waals surface area contributed by atoms with Crippen molar-refractivity contribution in [1.82, 2.24) is 20.0 Å². The van der Waals surface area contributed by atoms with Crippen LogP contribution in [0.25, 0.3) is 12.2 Å². The Kier molecular flexibility index (Phi) is 7.27. The van der Waals surface area contributed by atoms with Gasteiger partial charge in [-0.2, -0.15) is 0 Å². The van der Waals surface area contributed by atoms with Gasteiger partial charge in [-0.1, -0.05) is 35.0 Å². The zero-order valence-electron chi connectivity index (χ0n) is 17.0. The predicted molar refractivity (Wildman–Crippen MR) is 117 cm³/mol. The van der Waals surface area contributed by atoms with E-state index in [0.717, 1.165) is 5.56 Å². The van der Waals surface area contributed by atoms with Gasteiger partial charge in [0, 0.05) is 22.9 Å². The average Bonchev–Trinajstić information content (AvgIpc) is 3.48. The Labute approximate surface area is 189 Å². The van der Waals surface area contributed by atoms with E-state index in [1.807, 2.05) is 24.3 Å². The number of oxazole rings is 1. The molecule has 2 aromatic carbocycles. The van der Waals surface area contributed by atoms with Gasteiger partial charge in [-0.25, -0.2) is 9.37 Å². The molecule has 0 fully saturated rings. The van der Waals surface area contributed by atoms with Crippen LogP contribution in [0.2, 0.25) is 5.02 Å². The molecule has 0 radical (unpaired) electrons. The monoisotopic (exact) mass is 454 g/mol. The molecule has 0 unspecified atom stereocenters. The summed E-state index contributed by atoms with van der Waals surface area (Å²) in [5, 5.41) is 7.98. The predicted octanol–water partition coefficient (Wildman–Crippen LogP) is 5.02. The maximum atomic E-state index is 13.8. The fraction of sp³-hybridized carbons (Fsp3) is 0.174. The summed E-state index contributed by atoms with van der Waals surface area (Å²) in [5.74, 6) is 0.656. The molecule has 0 spiro atoms. The Morgan fingerprint density at radius 1 is 1.09 bits per heavy atom. The lowest BCUT2D eigenvalue weighted by Crippen LogP contribution is -2.06. The molecule has 0 saturated carbocycles. The Bertz CT molecular complexity index is 1160. The number of hydrogen-bond acceptors (Lipinski definition) is 6. The van der Waals surface area contributed by atoms with Crippen molar-refractivity contribution < 1.29 is 18.3 Å². The highest BCUT2D eigenvalue weighted by atomic mass is 35.5. The first kappa shape index (κ1) is 21.7. The highest BCUT2D eigenvalue weighted by molar-refractivity contribution is 6.30. The van der Waals surface area contributed by atoms with Crippen molar-refractivity contribution in [3.8, 4) is 5.75 Å². The smallest absolute Gasteiger partial charge is 0.218 e. The normalized spacial score (nSPS) is 11.3. The molecular weight excluding hydrogens is 435 g/mol. The summed E-state index contributed by atoms with van der Waals surface area (Å²) in [4.78, 5) is 4.32. The van der Waals surface area contributed by atoms with Gasteiger partial charge in [0.15, 0.2) is 0 Å². The highest BCUT2D eigenvalue weighted by Gasteiger charge is 2.05. The van der Waals surface area contributed by atoms with Gasteiger partial charge in [-0.3, -0.25) is 4.68 Å². The summed E-state index contributed by atoms with van der Waals surface area (Å²) in [7, 11) is 0. The second-order valence-corrected chi connectivity index (χ2v) is 7.26. The minimum absolute atomic E-state index is 0.250. The zero-order valence-corrected chi connectivity index (χ0v) is 17.8. The molecule has 0 aliphatic rings. The van der Waals surface area contributed by atoms with E-state index >= 15 is 0 Å². The van der Waals surface area contributed by atoms with Crippen LogP contribution in [0.1, 0.15) is 22.7 Å². The van der Waals surface area contributed by atoms with E-state index in [0.29, 0.717) is 47.7 Å². The van der Waals surface area contributed by atoms with Crippen LogP contribution in [0.15, 0.2) is 65.5 Å². The van der Waals surface area contributed by atoms with Gasteiger partial charge in [0.1, 0.15) is 30.1 Å². The molecule has 0 aliphatic heterocycles. The minimum atomic E-state index is -0.409. The number of aromatic nitrogens is 4. The molecule has 9 heteroatoms. The summed E-state index contributed by atoms with van der Waals surface area (Å²) >= 11 is 5.76. The molecule has 32 heavy (non-hydrogen) atoms. The van der Waals surface area contributed by atoms with E-state index in [2.05, 4.69) is 15.3 Å². The number of rotatable bonds is 10. The second kappa shape index (κ2) is 10.7. The first-order valence-corrected chi connectivity index (χ1v) is 10.2. The number of nitrogens with zero attached hydrogens (tertiary/aromatic N) is 4. The van der Waals surface area contributed by atoms with Crippen molar-refractivity contribution in [2.75, 3.05) is 6.61 Å². The Morgan fingerprint density at radius 2 is 1.97 bits per heavy atom. The number of hydrogen-bond donors (Lipinski definition) is 0. The van der Waals surface area contributed by atoms with Crippen molar-refractivity contribution in [2.24, 2.45) is 0 Å². The Hall–Kier alpha value is -3.49. The fourth-order valence-corrected chi connectivity index (χ4v) is 2.96. The van der Waals surface area contributed by atoms with Crippen molar-refractivity contribution in [1.29, 1.82) is 0 Å². The van der Waals surface area contributed by atoms with Crippen LogP contribution in [0.3, 0.4) is 0 Å². The average molecular weight is 455 g/mol. The number of benzene rings is 2. The van der Waals surface area contributed by atoms with Crippen LogP contribution in [0, 0.1) is 5.82 Å². The molecule has 4 rings (SSSR count). The lowest BCUT2D eigenvalue weighted by molar-refractivity contribution is 0.110. The van der Waals surface area contributed by atoms with Gasteiger partial charge in [0.25, 0.3) is 0 Å². The van der Waals surface area contributed by atoms with Crippen molar-refractivity contribution in [3.63, 3.8) is 0 Å². The molecule has 2 aromatic heterocycles. The summed E-state index contributed by atoms with van der Waals surface area (Å²) < 4.78 is 32.3. The molecule has 4 aromatic rings. The lowest BCUT2D eigenvalue weighted by atomic mass is 10.2. The van der Waals surface area contributed by atoms with Crippen LogP contribution in [-0.4, -0.2) is 26.6 Å². The molecule has 0 bridgehead atoms. The van der Waals surface area contributed by atoms with Crippen molar-refractivity contribution >= 4 is 23.8 Å². The fourth-order valence-electron chi connectivity index (χ4n) is 2.80.